The van der Waals surface area contributed by atoms with Gasteiger partial charge in [0.1, 0.15) is 0 Å². The first kappa shape index (κ1) is 13.5. The Morgan fingerprint density at radius 3 is 3.14 bits per heavy atom. The van der Waals surface area contributed by atoms with Gasteiger partial charge in [-0.1, -0.05) is 6.07 Å². The number of H-pyrrole nitrogens is 1. The third-order valence-corrected chi connectivity index (χ3v) is 3.87. The van der Waals surface area contributed by atoms with Crippen LogP contribution in [0.25, 0.3) is 0 Å². The Balaban J connectivity index is 1.83. The number of anilines is 1. The maximum atomic E-state index is 12.5. The van der Waals surface area contributed by atoms with Crippen molar-refractivity contribution < 1.29 is 4.79 Å². The van der Waals surface area contributed by atoms with E-state index in [-0.39, 0.29) is 17.4 Å². The Kier molecular flexibility index (Phi) is 3.56. The molecule has 1 amide bonds. The van der Waals surface area contributed by atoms with Crippen molar-refractivity contribution in [1.29, 1.82) is 0 Å². The summed E-state index contributed by atoms with van der Waals surface area (Å²) in [7, 11) is 0. The zero-order valence-electron chi connectivity index (χ0n) is 11.8. The van der Waals surface area contributed by atoms with Crippen LogP contribution in [0.1, 0.15) is 35.6 Å². The van der Waals surface area contributed by atoms with E-state index >= 15 is 0 Å². The highest BCUT2D eigenvalue weighted by molar-refractivity contribution is 5.95. The molecular weight excluding hydrogens is 266 g/mol. The molecule has 2 aromatic rings. The molecule has 1 atom stereocenters. The molecule has 0 bridgehead atoms. The van der Waals surface area contributed by atoms with Crippen LogP contribution in [0.2, 0.25) is 0 Å². The first-order valence-electron chi connectivity index (χ1n) is 7.09. The summed E-state index contributed by atoms with van der Waals surface area (Å²) in [5.41, 5.74) is 3.08. The molecule has 2 heterocycles. The molecule has 1 aliphatic carbocycles. The van der Waals surface area contributed by atoms with Gasteiger partial charge in [0.05, 0.1) is 17.3 Å². The van der Waals surface area contributed by atoms with Crippen LogP contribution in [-0.4, -0.2) is 15.9 Å². The van der Waals surface area contributed by atoms with Gasteiger partial charge in [0.2, 0.25) is 5.91 Å². The van der Waals surface area contributed by atoms with Gasteiger partial charge in [0.25, 0.3) is 5.56 Å². The lowest BCUT2D eigenvalue weighted by molar-refractivity contribution is -0.118. The highest BCUT2D eigenvalue weighted by Crippen LogP contribution is 2.30. The number of aromatic nitrogens is 2. The largest absolute Gasteiger partial charge is 0.327 e. The zero-order valence-corrected chi connectivity index (χ0v) is 11.8. The SMILES string of the molecule is Cc1cc(NC(=O)[C@@H]2CCCc3cccnc32)c[nH]c1=O. The highest BCUT2D eigenvalue weighted by Gasteiger charge is 2.27. The van der Waals surface area contributed by atoms with Crippen molar-refractivity contribution in [3.8, 4) is 0 Å². The smallest absolute Gasteiger partial charge is 0.250 e. The number of aromatic amines is 1. The number of amides is 1. The molecule has 0 saturated heterocycles. The van der Waals surface area contributed by atoms with Crippen molar-refractivity contribution in [1.82, 2.24) is 9.97 Å². The molecule has 0 aromatic carbocycles. The summed E-state index contributed by atoms with van der Waals surface area (Å²) in [5, 5.41) is 2.87. The Morgan fingerprint density at radius 2 is 2.33 bits per heavy atom. The zero-order chi connectivity index (χ0) is 14.8. The number of pyridine rings is 2. The van der Waals surface area contributed by atoms with E-state index in [1.165, 1.54) is 6.20 Å². The molecule has 2 aromatic heterocycles. The number of hydrogen-bond donors (Lipinski definition) is 2. The van der Waals surface area contributed by atoms with Gasteiger partial charge in [-0.2, -0.15) is 0 Å². The van der Waals surface area contributed by atoms with E-state index in [1.54, 1.807) is 19.2 Å². The maximum absolute atomic E-state index is 12.5. The normalized spacial score (nSPS) is 17.1. The molecule has 0 radical (unpaired) electrons. The molecule has 0 unspecified atom stereocenters. The predicted octanol–water partition coefficient (Wildman–Crippen LogP) is 2.14. The number of aryl methyl sites for hydroxylation is 2. The third kappa shape index (κ3) is 2.72. The molecular formula is C16H17N3O2. The summed E-state index contributed by atoms with van der Waals surface area (Å²) in [6.45, 7) is 1.71. The van der Waals surface area contributed by atoms with E-state index in [1.807, 2.05) is 12.1 Å². The van der Waals surface area contributed by atoms with E-state index in [0.717, 1.165) is 30.5 Å². The minimum absolute atomic E-state index is 0.0684. The van der Waals surface area contributed by atoms with Crippen LogP contribution >= 0.6 is 0 Å². The van der Waals surface area contributed by atoms with Crippen molar-refractivity contribution in [2.45, 2.75) is 32.1 Å². The summed E-state index contributed by atoms with van der Waals surface area (Å²) >= 11 is 0. The van der Waals surface area contributed by atoms with E-state index in [9.17, 15) is 9.59 Å². The van der Waals surface area contributed by atoms with Crippen LogP contribution in [0.3, 0.4) is 0 Å². The van der Waals surface area contributed by atoms with Gasteiger partial charge in [0.15, 0.2) is 0 Å². The molecule has 0 spiro atoms. The number of carbonyl (C=O) groups excluding carboxylic acids is 1. The summed E-state index contributed by atoms with van der Waals surface area (Å²) in [6, 6.07) is 5.62. The minimum Gasteiger partial charge on any atom is -0.327 e. The fourth-order valence-electron chi connectivity index (χ4n) is 2.76. The van der Waals surface area contributed by atoms with Crippen LogP contribution in [0.15, 0.2) is 35.4 Å². The molecule has 0 fully saturated rings. The van der Waals surface area contributed by atoms with Crippen molar-refractivity contribution in [2.75, 3.05) is 5.32 Å². The number of nitrogens with one attached hydrogen (secondary N) is 2. The van der Waals surface area contributed by atoms with E-state index in [0.29, 0.717) is 11.3 Å². The van der Waals surface area contributed by atoms with Gasteiger partial charge in [0, 0.05) is 18.0 Å². The minimum atomic E-state index is -0.220. The maximum Gasteiger partial charge on any atom is 0.250 e. The van der Waals surface area contributed by atoms with Crippen LogP contribution in [0, 0.1) is 6.92 Å². The molecule has 21 heavy (non-hydrogen) atoms. The average molecular weight is 283 g/mol. The molecule has 108 valence electrons. The van der Waals surface area contributed by atoms with Crippen molar-refractivity contribution >= 4 is 11.6 Å². The molecule has 1 aliphatic rings. The lowest BCUT2D eigenvalue weighted by Gasteiger charge is -2.23. The molecule has 2 N–H and O–H groups in total. The average Bonchev–Trinajstić information content (AvgIpc) is 2.50. The quantitative estimate of drug-likeness (QED) is 0.886. The van der Waals surface area contributed by atoms with Gasteiger partial charge in [-0.25, -0.2) is 0 Å². The van der Waals surface area contributed by atoms with E-state index in [4.69, 9.17) is 0 Å². The number of hydrogen-bond acceptors (Lipinski definition) is 3. The first-order valence-corrected chi connectivity index (χ1v) is 7.09. The topological polar surface area (TPSA) is 74.8 Å². The van der Waals surface area contributed by atoms with E-state index in [2.05, 4.69) is 15.3 Å². The number of rotatable bonds is 2. The fourth-order valence-corrected chi connectivity index (χ4v) is 2.76. The van der Waals surface area contributed by atoms with Crippen LogP contribution in [0.4, 0.5) is 5.69 Å². The number of carbonyl (C=O) groups is 1. The monoisotopic (exact) mass is 283 g/mol. The van der Waals surface area contributed by atoms with Crippen molar-refractivity contribution in [2.24, 2.45) is 0 Å². The molecule has 5 nitrogen and oxygen atoms in total. The second kappa shape index (κ2) is 5.52. The molecule has 0 aliphatic heterocycles. The Morgan fingerprint density at radius 1 is 1.48 bits per heavy atom. The highest BCUT2D eigenvalue weighted by atomic mass is 16.2. The molecule has 5 heteroatoms. The van der Waals surface area contributed by atoms with E-state index < -0.39 is 0 Å². The van der Waals surface area contributed by atoms with Crippen LogP contribution in [0.5, 0.6) is 0 Å². The van der Waals surface area contributed by atoms with Crippen molar-refractivity contribution in [3.05, 3.63) is 57.8 Å². The third-order valence-electron chi connectivity index (χ3n) is 3.87. The molecule has 0 saturated carbocycles. The second-order valence-electron chi connectivity index (χ2n) is 5.38. The number of nitrogens with zero attached hydrogens (tertiary/aromatic N) is 1. The van der Waals surface area contributed by atoms with Crippen LogP contribution < -0.4 is 10.9 Å². The second-order valence-corrected chi connectivity index (χ2v) is 5.38. The Bertz CT molecular complexity index is 736. The predicted molar refractivity (Wildman–Crippen MR) is 80.3 cm³/mol. The van der Waals surface area contributed by atoms with Gasteiger partial charge >= 0.3 is 0 Å². The van der Waals surface area contributed by atoms with Gasteiger partial charge < -0.3 is 10.3 Å². The number of fused-ring (bicyclic) bond motifs is 1. The lowest BCUT2D eigenvalue weighted by atomic mass is 9.86. The fraction of sp³-hybridized carbons (Fsp3) is 0.312. The van der Waals surface area contributed by atoms with Gasteiger partial charge in [-0.05, 0) is 43.9 Å². The van der Waals surface area contributed by atoms with Gasteiger partial charge in [-0.15, -0.1) is 0 Å². The summed E-state index contributed by atoms with van der Waals surface area (Å²) in [4.78, 5) is 30.8. The Labute approximate surface area is 122 Å². The van der Waals surface area contributed by atoms with Crippen molar-refractivity contribution in [3.63, 3.8) is 0 Å². The summed E-state index contributed by atoms with van der Waals surface area (Å²) in [6.07, 6.45) is 6.02. The standard InChI is InChI=1S/C16H17N3O2/c1-10-8-12(9-18-15(10)20)19-16(21)13-6-2-4-11-5-3-7-17-14(11)13/h3,5,7-9,13H,2,4,6H2,1H3,(H,18,20)(H,19,21)/t13-/m1/s1. The summed E-state index contributed by atoms with van der Waals surface area (Å²) in [5.74, 6) is -0.289. The Hall–Kier alpha value is -2.43. The van der Waals surface area contributed by atoms with Gasteiger partial charge in [-0.3, -0.25) is 14.6 Å². The summed E-state index contributed by atoms with van der Waals surface area (Å²) < 4.78 is 0. The molecule has 3 rings (SSSR count). The van der Waals surface area contributed by atoms with Crippen LogP contribution in [-0.2, 0) is 11.2 Å². The lowest BCUT2D eigenvalue weighted by Crippen LogP contribution is -2.26. The first-order chi connectivity index (χ1) is 10.1.